The zero-order valence-electron chi connectivity index (χ0n) is 16.5. The van der Waals surface area contributed by atoms with Crippen LogP contribution in [0.4, 0.5) is 0 Å². The second-order valence-corrected chi connectivity index (χ2v) is 7.03. The van der Waals surface area contributed by atoms with E-state index in [1.54, 1.807) is 0 Å². The number of amides is 3. The van der Waals surface area contributed by atoms with Crippen molar-refractivity contribution < 1.29 is 34.2 Å². The normalized spacial score (nSPS) is 15.1. The average Bonchev–Trinajstić information content (AvgIpc) is 2.56. The lowest BCUT2D eigenvalue weighted by molar-refractivity contribution is -0.142. The molecule has 4 atom stereocenters. The van der Waals surface area contributed by atoms with E-state index in [1.807, 2.05) is 13.8 Å². The minimum absolute atomic E-state index is 0.185. The standard InChI is InChI=1S/C17H30N4O7/c1-8(2)7-11(18)15(25)19-9(3)14(24)21-12(5-6-13(22)23)16(26)20-10(4)17(27)28/h8-12H,5-7,18H2,1-4H3,(H,19,25)(H,20,26)(H,21,24)(H,22,23)(H,27,28). The lowest BCUT2D eigenvalue weighted by Gasteiger charge is -2.23. The first-order chi connectivity index (χ1) is 12.8. The van der Waals surface area contributed by atoms with Crippen LogP contribution in [-0.4, -0.2) is 64.0 Å². The molecule has 0 bridgehead atoms. The largest absolute Gasteiger partial charge is 0.481 e. The summed E-state index contributed by atoms with van der Waals surface area (Å²) in [4.78, 5) is 58.1. The lowest BCUT2D eigenvalue weighted by atomic mass is 10.0. The summed E-state index contributed by atoms with van der Waals surface area (Å²) in [7, 11) is 0. The maximum absolute atomic E-state index is 12.3. The number of carbonyl (C=O) groups excluding carboxylic acids is 3. The van der Waals surface area contributed by atoms with Crippen molar-refractivity contribution in [1.29, 1.82) is 0 Å². The van der Waals surface area contributed by atoms with Crippen molar-refractivity contribution in [2.24, 2.45) is 11.7 Å². The molecule has 0 radical (unpaired) electrons. The third kappa shape index (κ3) is 9.86. The molecule has 0 rings (SSSR count). The summed E-state index contributed by atoms with van der Waals surface area (Å²) in [6, 6.07) is -4.31. The van der Waals surface area contributed by atoms with Crippen LogP contribution in [0.15, 0.2) is 0 Å². The van der Waals surface area contributed by atoms with Crippen LogP contribution in [-0.2, 0) is 24.0 Å². The van der Waals surface area contributed by atoms with Crippen LogP contribution in [0, 0.1) is 5.92 Å². The van der Waals surface area contributed by atoms with E-state index in [0.717, 1.165) is 0 Å². The minimum Gasteiger partial charge on any atom is -0.481 e. The molecule has 7 N–H and O–H groups in total. The van der Waals surface area contributed by atoms with Crippen LogP contribution in [0.5, 0.6) is 0 Å². The second kappa shape index (κ2) is 11.9. The van der Waals surface area contributed by atoms with E-state index >= 15 is 0 Å². The van der Waals surface area contributed by atoms with Crippen LogP contribution in [0.1, 0.15) is 47.0 Å². The fraction of sp³-hybridized carbons (Fsp3) is 0.706. The van der Waals surface area contributed by atoms with E-state index in [2.05, 4.69) is 16.0 Å². The Kier molecular flexibility index (Phi) is 10.8. The summed E-state index contributed by atoms with van der Waals surface area (Å²) in [5.41, 5.74) is 5.75. The van der Waals surface area contributed by atoms with Crippen molar-refractivity contribution in [1.82, 2.24) is 16.0 Å². The van der Waals surface area contributed by atoms with Crippen LogP contribution >= 0.6 is 0 Å². The summed E-state index contributed by atoms with van der Waals surface area (Å²) in [6.45, 7) is 6.41. The fourth-order valence-corrected chi connectivity index (χ4v) is 2.21. The molecular weight excluding hydrogens is 372 g/mol. The summed E-state index contributed by atoms with van der Waals surface area (Å²) >= 11 is 0. The van der Waals surface area contributed by atoms with Gasteiger partial charge in [0.2, 0.25) is 17.7 Å². The van der Waals surface area contributed by atoms with Crippen LogP contribution in [0.3, 0.4) is 0 Å². The van der Waals surface area contributed by atoms with Gasteiger partial charge < -0.3 is 31.9 Å². The first-order valence-electron chi connectivity index (χ1n) is 8.96. The number of carboxylic acid groups (broad SMARTS) is 2. The third-order valence-corrected chi connectivity index (χ3v) is 3.82. The predicted octanol–water partition coefficient (Wildman–Crippen LogP) is -1.20. The molecule has 0 fully saturated rings. The molecule has 0 heterocycles. The van der Waals surface area contributed by atoms with Crippen molar-refractivity contribution in [2.75, 3.05) is 0 Å². The number of hydrogen-bond donors (Lipinski definition) is 6. The molecule has 160 valence electrons. The smallest absolute Gasteiger partial charge is 0.325 e. The van der Waals surface area contributed by atoms with Crippen molar-refractivity contribution in [3.8, 4) is 0 Å². The molecule has 28 heavy (non-hydrogen) atoms. The number of rotatable bonds is 12. The molecule has 11 heteroatoms. The van der Waals surface area contributed by atoms with Crippen molar-refractivity contribution in [3.63, 3.8) is 0 Å². The Morgan fingerprint density at radius 3 is 1.82 bits per heavy atom. The average molecular weight is 402 g/mol. The number of hydrogen-bond acceptors (Lipinski definition) is 6. The van der Waals surface area contributed by atoms with Crippen LogP contribution in [0.2, 0.25) is 0 Å². The Morgan fingerprint density at radius 2 is 1.36 bits per heavy atom. The highest BCUT2D eigenvalue weighted by Gasteiger charge is 2.27. The summed E-state index contributed by atoms with van der Waals surface area (Å²) in [5, 5.41) is 24.6. The van der Waals surface area contributed by atoms with Gasteiger partial charge in [0.15, 0.2) is 0 Å². The van der Waals surface area contributed by atoms with Gasteiger partial charge in [-0.05, 0) is 32.6 Å². The zero-order chi connectivity index (χ0) is 22.0. The van der Waals surface area contributed by atoms with Crippen LogP contribution in [0.25, 0.3) is 0 Å². The number of nitrogens with two attached hydrogens (primary N) is 1. The van der Waals surface area contributed by atoms with Gasteiger partial charge in [-0.25, -0.2) is 0 Å². The topological polar surface area (TPSA) is 188 Å². The fourth-order valence-electron chi connectivity index (χ4n) is 2.21. The van der Waals surface area contributed by atoms with Gasteiger partial charge >= 0.3 is 11.9 Å². The number of aliphatic carboxylic acids is 2. The molecule has 0 saturated heterocycles. The van der Waals surface area contributed by atoms with Crippen molar-refractivity contribution in [3.05, 3.63) is 0 Å². The van der Waals surface area contributed by atoms with Gasteiger partial charge in [0, 0.05) is 6.42 Å². The van der Waals surface area contributed by atoms with Gasteiger partial charge in [-0.3, -0.25) is 24.0 Å². The zero-order valence-corrected chi connectivity index (χ0v) is 16.5. The number of carbonyl (C=O) groups is 5. The van der Waals surface area contributed by atoms with E-state index in [9.17, 15) is 24.0 Å². The molecule has 3 amide bonds. The molecule has 0 aromatic heterocycles. The Morgan fingerprint density at radius 1 is 0.821 bits per heavy atom. The Balaban J connectivity index is 4.96. The minimum atomic E-state index is -1.28. The lowest BCUT2D eigenvalue weighted by Crippen LogP contribution is -2.56. The Hall–Kier alpha value is -2.69. The van der Waals surface area contributed by atoms with E-state index < -0.39 is 60.2 Å². The van der Waals surface area contributed by atoms with Gasteiger partial charge in [0.1, 0.15) is 18.1 Å². The maximum atomic E-state index is 12.3. The number of carboxylic acids is 2. The van der Waals surface area contributed by atoms with Crippen molar-refractivity contribution >= 4 is 29.7 Å². The number of nitrogens with one attached hydrogen (secondary N) is 3. The monoisotopic (exact) mass is 402 g/mol. The van der Waals surface area contributed by atoms with E-state index in [1.165, 1.54) is 13.8 Å². The Bertz CT molecular complexity index is 594. The Labute approximate surface area is 163 Å². The van der Waals surface area contributed by atoms with Gasteiger partial charge in [-0.2, -0.15) is 0 Å². The predicted molar refractivity (Wildman–Crippen MR) is 99.1 cm³/mol. The third-order valence-electron chi connectivity index (χ3n) is 3.82. The summed E-state index contributed by atoms with van der Waals surface area (Å²) in [6.07, 6.45) is -0.233. The van der Waals surface area contributed by atoms with Gasteiger partial charge in [-0.15, -0.1) is 0 Å². The highest BCUT2D eigenvalue weighted by Crippen LogP contribution is 2.04. The van der Waals surface area contributed by atoms with Crippen molar-refractivity contribution in [2.45, 2.75) is 71.1 Å². The second-order valence-electron chi connectivity index (χ2n) is 7.03. The van der Waals surface area contributed by atoms with E-state index in [0.29, 0.717) is 6.42 Å². The quantitative estimate of drug-likeness (QED) is 0.235. The molecule has 0 spiro atoms. The molecule has 0 aromatic rings. The maximum Gasteiger partial charge on any atom is 0.325 e. The van der Waals surface area contributed by atoms with Crippen LogP contribution < -0.4 is 21.7 Å². The molecule has 0 saturated carbocycles. The first-order valence-corrected chi connectivity index (χ1v) is 8.96. The molecular formula is C17H30N4O7. The molecule has 0 aliphatic rings. The van der Waals surface area contributed by atoms with Gasteiger partial charge in [0.25, 0.3) is 0 Å². The highest BCUT2D eigenvalue weighted by atomic mass is 16.4. The van der Waals surface area contributed by atoms with Gasteiger partial charge in [0.05, 0.1) is 6.04 Å². The van der Waals surface area contributed by atoms with Gasteiger partial charge in [-0.1, -0.05) is 13.8 Å². The molecule has 11 nitrogen and oxygen atoms in total. The van der Waals surface area contributed by atoms with E-state index in [4.69, 9.17) is 15.9 Å². The first kappa shape index (κ1) is 25.3. The SMILES string of the molecule is CC(C)CC(N)C(=O)NC(C)C(=O)NC(CCC(=O)O)C(=O)NC(C)C(=O)O. The molecule has 0 aliphatic carbocycles. The van der Waals surface area contributed by atoms with E-state index in [-0.39, 0.29) is 12.3 Å². The summed E-state index contributed by atoms with van der Waals surface area (Å²) in [5.74, 6) is -4.36. The molecule has 0 aromatic carbocycles. The summed E-state index contributed by atoms with van der Waals surface area (Å²) < 4.78 is 0. The molecule has 0 aliphatic heterocycles. The molecule has 4 unspecified atom stereocenters. The highest BCUT2D eigenvalue weighted by molar-refractivity contribution is 5.94.